The molecule has 0 saturated heterocycles. The van der Waals surface area contributed by atoms with Crippen molar-refractivity contribution in [3.8, 4) is 5.75 Å². The molecule has 1 atom stereocenters. The molecule has 0 spiro atoms. The zero-order chi connectivity index (χ0) is 23.0. The van der Waals surface area contributed by atoms with Crippen molar-refractivity contribution in [2.45, 2.75) is 38.5 Å². The monoisotopic (exact) mass is 446 g/mol. The van der Waals surface area contributed by atoms with E-state index >= 15 is 0 Å². The summed E-state index contributed by atoms with van der Waals surface area (Å²) in [5.41, 5.74) is 1.10. The Hall–Kier alpha value is -2.66. The first-order chi connectivity index (χ1) is 15.4. The highest BCUT2D eigenvalue weighted by Crippen LogP contribution is 2.37. The van der Waals surface area contributed by atoms with E-state index in [2.05, 4.69) is 88.0 Å². The van der Waals surface area contributed by atoms with Gasteiger partial charge in [-0.3, -0.25) is 0 Å². The van der Waals surface area contributed by atoms with Gasteiger partial charge in [0.05, 0.1) is 26.4 Å². The minimum Gasteiger partial charge on any atom is -0.497 e. The summed E-state index contributed by atoms with van der Waals surface area (Å²) in [6.45, 7) is 11.8. The zero-order valence-corrected chi connectivity index (χ0v) is 20.6. The Balaban J connectivity index is 1.86. The lowest BCUT2D eigenvalue weighted by Gasteiger charge is -2.44. The highest BCUT2D eigenvalue weighted by molar-refractivity contribution is 6.99. The van der Waals surface area contributed by atoms with E-state index in [-0.39, 0.29) is 11.1 Å². The van der Waals surface area contributed by atoms with Crippen LogP contribution in [0.2, 0.25) is 5.04 Å². The molecule has 3 aromatic rings. The van der Waals surface area contributed by atoms with Crippen LogP contribution in [0, 0.1) is 0 Å². The average molecular weight is 447 g/mol. The molecule has 0 radical (unpaired) electrons. The van der Waals surface area contributed by atoms with Gasteiger partial charge in [-0.15, -0.1) is 6.58 Å². The Bertz CT molecular complexity index is 924. The van der Waals surface area contributed by atoms with Crippen LogP contribution < -0.4 is 15.1 Å². The van der Waals surface area contributed by atoms with Crippen LogP contribution in [-0.2, 0) is 15.8 Å². The molecular weight excluding hydrogens is 412 g/mol. The number of benzene rings is 3. The molecule has 3 aromatic carbocycles. The molecule has 4 heteroatoms. The van der Waals surface area contributed by atoms with Gasteiger partial charge in [0, 0.05) is 0 Å². The predicted molar refractivity (Wildman–Crippen MR) is 135 cm³/mol. The lowest BCUT2D eigenvalue weighted by Crippen LogP contribution is -2.67. The second kappa shape index (κ2) is 10.8. The van der Waals surface area contributed by atoms with E-state index in [9.17, 15) is 0 Å². The minimum absolute atomic E-state index is 0.0903. The van der Waals surface area contributed by atoms with E-state index in [0.717, 1.165) is 11.3 Å². The van der Waals surface area contributed by atoms with Gasteiger partial charge in [0.2, 0.25) is 0 Å². The highest BCUT2D eigenvalue weighted by Gasteiger charge is 2.51. The quantitative estimate of drug-likeness (QED) is 0.311. The second-order valence-electron chi connectivity index (χ2n) is 8.92. The van der Waals surface area contributed by atoms with Crippen molar-refractivity contribution in [2.75, 3.05) is 13.7 Å². The molecule has 0 N–H and O–H groups in total. The van der Waals surface area contributed by atoms with Crippen LogP contribution in [0.25, 0.3) is 0 Å². The van der Waals surface area contributed by atoms with Gasteiger partial charge in [-0.25, -0.2) is 0 Å². The average Bonchev–Trinajstić information content (AvgIpc) is 2.82. The fourth-order valence-corrected chi connectivity index (χ4v) is 8.72. The number of methoxy groups -OCH3 is 1. The Morgan fingerprint density at radius 2 is 1.38 bits per heavy atom. The molecular formula is C28H34O3Si. The molecule has 0 unspecified atom stereocenters. The third-order valence-electron chi connectivity index (χ3n) is 5.72. The van der Waals surface area contributed by atoms with E-state index in [0.29, 0.717) is 13.2 Å². The van der Waals surface area contributed by atoms with Gasteiger partial charge in [-0.2, -0.15) is 0 Å². The van der Waals surface area contributed by atoms with E-state index < -0.39 is 8.32 Å². The SMILES string of the molecule is C=C[C@@H](COCc1ccc(OC)cc1)O[Si](c1ccccc1)(c1ccccc1)C(C)(C)C. The predicted octanol–water partition coefficient (Wildman–Crippen LogP) is 5.34. The Morgan fingerprint density at radius 3 is 1.81 bits per heavy atom. The Morgan fingerprint density at radius 1 is 0.844 bits per heavy atom. The molecule has 0 aromatic heterocycles. The van der Waals surface area contributed by atoms with Crippen molar-refractivity contribution < 1.29 is 13.9 Å². The van der Waals surface area contributed by atoms with Crippen molar-refractivity contribution in [3.63, 3.8) is 0 Å². The molecule has 0 bridgehead atoms. The summed E-state index contributed by atoms with van der Waals surface area (Å²) in [7, 11) is -0.974. The summed E-state index contributed by atoms with van der Waals surface area (Å²) in [5.74, 6) is 0.840. The molecule has 0 heterocycles. The highest BCUT2D eigenvalue weighted by atomic mass is 28.4. The maximum absolute atomic E-state index is 7.07. The van der Waals surface area contributed by atoms with E-state index in [1.54, 1.807) is 7.11 Å². The van der Waals surface area contributed by atoms with Crippen molar-refractivity contribution in [3.05, 3.63) is 103 Å². The molecule has 0 aliphatic heterocycles. The van der Waals surface area contributed by atoms with Gasteiger partial charge in [-0.1, -0.05) is 99.6 Å². The number of hydrogen-bond acceptors (Lipinski definition) is 3. The summed E-state index contributed by atoms with van der Waals surface area (Å²) in [6.07, 6.45) is 1.65. The Labute approximate surface area is 193 Å². The van der Waals surface area contributed by atoms with Gasteiger partial charge in [0.25, 0.3) is 8.32 Å². The summed E-state index contributed by atoms with van der Waals surface area (Å²) in [4.78, 5) is 0. The summed E-state index contributed by atoms with van der Waals surface area (Å²) >= 11 is 0. The molecule has 32 heavy (non-hydrogen) atoms. The van der Waals surface area contributed by atoms with Gasteiger partial charge in [0.1, 0.15) is 5.75 Å². The van der Waals surface area contributed by atoms with Gasteiger partial charge in [-0.05, 0) is 33.1 Å². The maximum Gasteiger partial charge on any atom is 0.261 e. The smallest absolute Gasteiger partial charge is 0.261 e. The standard InChI is InChI=1S/C28H34O3Si/c1-6-24(22-30-21-23-17-19-25(29-5)20-18-23)31-32(28(2,3)4,26-13-9-7-10-14-26)27-15-11-8-12-16-27/h6-20,24H,1,21-22H2,2-5H3/t24-/m0/s1. The lowest BCUT2D eigenvalue weighted by atomic mass is 10.2. The molecule has 0 aliphatic rings. The third-order valence-corrected chi connectivity index (χ3v) is 10.8. The Kier molecular flexibility index (Phi) is 8.08. The van der Waals surface area contributed by atoms with E-state index in [1.165, 1.54) is 10.4 Å². The summed E-state index contributed by atoms with van der Waals surface area (Å²) in [6, 6.07) is 29.2. The second-order valence-corrected chi connectivity index (χ2v) is 13.2. The molecule has 0 aliphatic carbocycles. The first-order valence-corrected chi connectivity index (χ1v) is 12.9. The van der Waals surface area contributed by atoms with E-state index in [4.69, 9.17) is 13.9 Å². The largest absolute Gasteiger partial charge is 0.497 e. The van der Waals surface area contributed by atoms with Crippen LogP contribution in [0.3, 0.4) is 0 Å². The minimum atomic E-state index is -2.64. The lowest BCUT2D eigenvalue weighted by molar-refractivity contribution is 0.0569. The third kappa shape index (κ3) is 5.39. The maximum atomic E-state index is 7.07. The molecule has 0 fully saturated rings. The summed E-state index contributed by atoms with van der Waals surface area (Å²) in [5, 5.41) is 2.41. The topological polar surface area (TPSA) is 27.7 Å². The molecule has 168 valence electrons. The summed E-state index contributed by atoms with van der Waals surface area (Å²) < 4.78 is 18.4. The normalized spacial score (nSPS) is 12.9. The first kappa shape index (κ1) is 24.0. The van der Waals surface area contributed by atoms with Crippen LogP contribution >= 0.6 is 0 Å². The van der Waals surface area contributed by atoms with Crippen LogP contribution in [0.1, 0.15) is 26.3 Å². The number of rotatable bonds is 10. The van der Waals surface area contributed by atoms with Crippen molar-refractivity contribution in [2.24, 2.45) is 0 Å². The van der Waals surface area contributed by atoms with Crippen LogP contribution in [-0.4, -0.2) is 28.1 Å². The van der Waals surface area contributed by atoms with Crippen molar-refractivity contribution in [1.29, 1.82) is 0 Å². The van der Waals surface area contributed by atoms with Crippen LogP contribution in [0.4, 0.5) is 0 Å². The fraction of sp³-hybridized carbons (Fsp3) is 0.286. The molecule has 0 amide bonds. The van der Waals surface area contributed by atoms with Gasteiger partial charge >= 0.3 is 0 Å². The zero-order valence-electron chi connectivity index (χ0n) is 19.6. The van der Waals surface area contributed by atoms with E-state index in [1.807, 2.05) is 30.3 Å². The van der Waals surface area contributed by atoms with Crippen LogP contribution in [0.5, 0.6) is 5.75 Å². The molecule has 0 saturated carbocycles. The first-order valence-electron chi connectivity index (χ1n) is 11.0. The molecule has 3 rings (SSSR count). The number of hydrogen-bond donors (Lipinski definition) is 0. The van der Waals surface area contributed by atoms with Crippen LogP contribution in [0.15, 0.2) is 97.6 Å². The van der Waals surface area contributed by atoms with Crippen molar-refractivity contribution in [1.82, 2.24) is 0 Å². The number of ether oxygens (including phenoxy) is 2. The van der Waals surface area contributed by atoms with Gasteiger partial charge < -0.3 is 13.9 Å². The van der Waals surface area contributed by atoms with Crippen molar-refractivity contribution >= 4 is 18.7 Å². The van der Waals surface area contributed by atoms with Gasteiger partial charge in [0.15, 0.2) is 0 Å². The fourth-order valence-electron chi connectivity index (χ4n) is 4.08. The molecule has 3 nitrogen and oxygen atoms in total.